The highest BCUT2D eigenvalue weighted by Crippen LogP contribution is 1.94. The molecule has 0 aromatic carbocycles. The number of carbonyl (C=O) groups is 1. The molecule has 0 fully saturated rings. The summed E-state index contributed by atoms with van der Waals surface area (Å²) in [6.45, 7) is 5.17. The molecule has 82 valence electrons. The van der Waals surface area contributed by atoms with E-state index in [0.29, 0.717) is 12.6 Å². The summed E-state index contributed by atoms with van der Waals surface area (Å²) in [4.78, 5) is 10.3. The first kappa shape index (κ1) is 13.1. The van der Waals surface area contributed by atoms with Crippen LogP contribution in [0.25, 0.3) is 0 Å². The normalized spacial score (nSPS) is 14.1. The molecule has 1 unspecified atom stereocenters. The Kier molecular flexibility index (Phi) is 7.06. The third-order valence-corrected chi connectivity index (χ3v) is 1.85. The van der Waals surface area contributed by atoms with Crippen molar-refractivity contribution in [3.05, 3.63) is 11.6 Å². The molecule has 0 radical (unpaired) electrons. The predicted octanol–water partition coefficient (Wildman–Crippen LogP) is 1.03. The van der Waals surface area contributed by atoms with Crippen LogP contribution in [0.2, 0.25) is 0 Å². The fourth-order valence-corrected chi connectivity index (χ4v) is 0.994. The van der Waals surface area contributed by atoms with E-state index >= 15 is 0 Å². The Morgan fingerprint density at radius 2 is 2.29 bits per heavy atom. The fraction of sp³-hybridized carbons (Fsp3) is 0.700. The predicted molar refractivity (Wildman–Crippen MR) is 55.4 cm³/mol. The molecule has 0 heterocycles. The molecule has 4 nitrogen and oxygen atoms in total. The van der Waals surface area contributed by atoms with Crippen LogP contribution in [0.5, 0.6) is 0 Å². The number of methoxy groups -OCH3 is 1. The van der Waals surface area contributed by atoms with Crippen molar-refractivity contribution < 1.29 is 14.6 Å². The lowest BCUT2D eigenvalue weighted by molar-refractivity contribution is -0.131. The third-order valence-electron chi connectivity index (χ3n) is 1.85. The molecule has 0 aliphatic rings. The molecule has 0 saturated heterocycles. The van der Waals surface area contributed by atoms with Crippen LogP contribution in [0.15, 0.2) is 11.6 Å². The maximum atomic E-state index is 10.3. The van der Waals surface area contributed by atoms with Gasteiger partial charge in [0.05, 0.1) is 0 Å². The highest BCUT2D eigenvalue weighted by atomic mass is 16.5. The van der Waals surface area contributed by atoms with Gasteiger partial charge in [0.25, 0.3) is 0 Å². The average Bonchev–Trinajstić information content (AvgIpc) is 2.10. The first-order valence-electron chi connectivity index (χ1n) is 4.68. The van der Waals surface area contributed by atoms with Gasteiger partial charge in [-0.3, -0.25) is 0 Å². The van der Waals surface area contributed by atoms with Crippen LogP contribution in [0, 0.1) is 0 Å². The Labute approximate surface area is 85.0 Å². The monoisotopic (exact) mass is 201 g/mol. The van der Waals surface area contributed by atoms with Crippen LogP contribution in [-0.4, -0.2) is 37.4 Å². The van der Waals surface area contributed by atoms with Crippen molar-refractivity contribution >= 4 is 5.97 Å². The largest absolute Gasteiger partial charge is 0.478 e. The van der Waals surface area contributed by atoms with E-state index in [-0.39, 0.29) is 0 Å². The van der Waals surface area contributed by atoms with Gasteiger partial charge in [-0.15, -0.1) is 0 Å². The quantitative estimate of drug-likeness (QED) is 0.604. The summed E-state index contributed by atoms with van der Waals surface area (Å²) in [5.74, 6) is -0.895. The molecule has 0 aromatic heterocycles. The van der Waals surface area contributed by atoms with Crippen LogP contribution in [0.3, 0.4) is 0 Å². The number of ether oxygens (including phenoxy) is 1. The number of hydrogen-bond acceptors (Lipinski definition) is 3. The Balaban J connectivity index is 3.65. The minimum absolute atomic E-state index is 0.340. The molecule has 0 amide bonds. The van der Waals surface area contributed by atoms with Gasteiger partial charge in [0.2, 0.25) is 0 Å². The zero-order valence-corrected chi connectivity index (χ0v) is 9.04. The van der Waals surface area contributed by atoms with E-state index in [1.807, 2.05) is 6.92 Å². The van der Waals surface area contributed by atoms with E-state index in [1.165, 1.54) is 6.08 Å². The molecule has 14 heavy (non-hydrogen) atoms. The van der Waals surface area contributed by atoms with Crippen molar-refractivity contribution in [3.63, 3.8) is 0 Å². The van der Waals surface area contributed by atoms with Gasteiger partial charge in [0.1, 0.15) is 0 Å². The van der Waals surface area contributed by atoms with Gasteiger partial charge in [-0.1, -0.05) is 5.57 Å². The maximum absolute atomic E-state index is 10.3. The maximum Gasteiger partial charge on any atom is 0.328 e. The summed E-state index contributed by atoms with van der Waals surface area (Å²) in [6.07, 6.45) is 2.15. The Bertz CT molecular complexity index is 202. The summed E-state index contributed by atoms with van der Waals surface area (Å²) >= 11 is 0. The van der Waals surface area contributed by atoms with Gasteiger partial charge >= 0.3 is 5.97 Å². The summed E-state index contributed by atoms with van der Waals surface area (Å²) in [5, 5.41) is 11.7. The zero-order chi connectivity index (χ0) is 11.0. The molecule has 0 saturated carbocycles. The third kappa shape index (κ3) is 7.76. The molecule has 2 N–H and O–H groups in total. The van der Waals surface area contributed by atoms with Crippen molar-refractivity contribution in [2.45, 2.75) is 26.3 Å². The summed E-state index contributed by atoms with van der Waals surface area (Å²) < 4.78 is 4.94. The number of carboxylic acids is 1. The smallest absolute Gasteiger partial charge is 0.328 e. The van der Waals surface area contributed by atoms with Crippen LogP contribution < -0.4 is 5.32 Å². The molecule has 0 spiro atoms. The first-order valence-corrected chi connectivity index (χ1v) is 4.68. The molecular weight excluding hydrogens is 182 g/mol. The average molecular weight is 201 g/mol. The number of aliphatic carboxylic acids is 1. The van der Waals surface area contributed by atoms with E-state index in [1.54, 1.807) is 14.0 Å². The van der Waals surface area contributed by atoms with E-state index in [9.17, 15) is 4.79 Å². The highest BCUT2D eigenvalue weighted by Gasteiger charge is 2.01. The van der Waals surface area contributed by atoms with E-state index in [0.717, 1.165) is 18.6 Å². The van der Waals surface area contributed by atoms with Gasteiger partial charge in [-0.25, -0.2) is 4.79 Å². The van der Waals surface area contributed by atoms with E-state index in [4.69, 9.17) is 9.84 Å². The lowest BCUT2D eigenvalue weighted by atomic mass is 10.2. The van der Waals surface area contributed by atoms with Crippen molar-refractivity contribution in [2.75, 3.05) is 20.3 Å². The molecule has 0 bridgehead atoms. The number of nitrogens with one attached hydrogen (secondary N) is 1. The van der Waals surface area contributed by atoms with Crippen molar-refractivity contribution in [2.24, 2.45) is 0 Å². The summed E-state index contributed by atoms with van der Waals surface area (Å²) in [5.41, 5.74) is 0.821. The molecule has 0 aliphatic heterocycles. The second-order valence-electron chi connectivity index (χ2n) is 3.39. The number of rotatable bonds is 7. The second-order valence-corrected chi connectivity index (χ2v) is 3.39. The second kappa shape index (κ2) is 7.53. The number of hydrogen-bond donors (Lipinski definition) is 2. The Hall–Kier alpha value is -0.870. The van der Waals surface area contributed by atoms with Crippen LogP contribution >= 0.6 is 0 Å². The zero-order valence-electron chi connectivity index (χ0n) is 9.04. The summed E-state index contributed by atoms with van der Waals surface area (Å²) in [6, 6.07) is 0.340. The van der Waals surface area contributed by atoms with E-state index < -0.39 is 5.97 Å². The molecule has 1 atom stereocenters. The standard InChI is InChI=1S/C10H19NO3/c1-8(6-10(12)13)7-11-9(2)4-5-14-3/h6,9,11H,4-5,7H2,1-3H3,(H,12,13). The molecule has 0 aliphatic carbocycles. The van der Waals surface area contributed by atoms with Gasteiger partial charge in [0.15, 0.2) is 0 Å². The van der Waals surface area contributed by atoms with Gasteiger partial charge in [-0.05, 0) is 20.3 Å². The lowest BCUT2D eigenvalue weighted by Gasteiger charge is -2.12. The van der Waals surface area contributed by atoms with Crippen molar-refractivity contribution in [1.82, 2.24) is 5.32 Å². The summed E-state index contributed by atoms with van der Waals surface area (Å²) in [7, 11) is 1.67. The van der Waals surface area contributed by atoms with E-state index in [2.05, 4.69) is 5.32 Å². The Morgan fingerprint density at radius 1 is 1.64 bits per heavy atom. The molecular formula is C10H19NO3. The van der Waals surface area contributed by atoms with Crippen molar-refractivity contribution in [3.8, 4) is 0 Å². The van der Waals surface area contributed by atoms with Crippen LogP contribution in [0.1, 0.15) is 20.3 Å². The molecule has 4 heteroatoms. The lowest BCUT2D eigenvalue weighted by Crippen LogP contribution is -2.28. The Morgan fingerprint density at radius 3 is 2.79 bits per heavy atom. The molecule has 0 rings (SSSR count). The van der Waals surface area contributed by atoms with Gasteiger partial charge in [0, 0.05) is 32.4 Å². The minimum atomic E-state index is -0.895. The first-order chi connectivity index (χ1) is 6.56. The SMILES string of the molecule is COCCC(C)NCC(C)=CC(=O)O. The van der Waals surface area contributed by atoms with Crippen LogP contribution in [0.4, 0.5) is 0 Å². The highest BCUT2D eigenvalue weighted by molar-refractivity contribution is 5.80. The van der Waals surface area contributed by atoms with Crippen LogP contribution in [-0.2, 0) is 9.53 Å². The van der Waals surface area contributed by atoms with Crippen molar-refractivity contribution in [1.29, 1.82) is 0 Å². The van der Waals surface area contributed by atoms with Gasteiger partial charge < -0.3 is 15.2 Å². The van der Waals surface area contributed by atoms with Gasteiger partial charge in [-0.2, -0.15) is 0 Å². The minimum Gasteiger partial charge on any atom is -0.478 e. The topological polar surface area (TPSA) is 58.6 Å². The molecule has 0 aromatic rings. The fourth-order valence-electron chi connectivity index (χ4n) is 0.994. The number of carboxylic acid groups (broad SMARTS) is 1.